The van der Waals surface area contributed by atoms with Gasteiger partial charge < -0.3 is 10.4 Å². The topological polar surface area (TPSA) is 75.4 Å². The van der Waals surface area contributed by atoms with Gasteiger partial charge in [-0.3, -0.25) is 10.1 Å². The lowest BCUT2D eigenvalue weighted by Crippen LogP contribution is -2.25. The Morgan fingerprint density at radius 1 is 1.36 bits per heavy atom. The van der Waals surface area contributed by atoms with E-state index < -0.39 is 22.4 Å². The van der Waals surface area contributed by atoms with Gasteiger partial charge in [-0.15, -0.1) is 0 Å². The Kier molecular flexibility index (Phi) is 4.90. The molecule has 1 saturated carbocycles. The van der Waals surface area contributed by atoms with Gasteiger partial charge in [0.2, 0.25) is 0 Å². The van der Waals surface area contributed by atoms with Crippen LogP contribution in [0.3, 0.4) is 0 Å². The number of nitrogens with zero attached hydrogens (tertiary/aromatic N) is 1. The number of nitro groups is 1. The summed E-state index contributed by atoms with van der Waals surface area (Å²) in [6, 6.07) is 2.43. The smallest absolute Gasteiger partial charge is 0.396 e. The molecule has 0 aromatic heterocycles. The van der Waals surface area contributed by atoms with Crippen molar-refractivity contribution in [1.29, 1.82) is 0 Å². The van der Waals surface area contributed by atoms with Crippen LogP contribution in [-0.4, -0.2) is 22.7 Å². The third-order valence-electron chi connectivity index (χ3n) is 4.02. The Labute approximate surface area is 125 Å². The monoisotopic (exact) mass is 318 g/mol. The fourth-order valence-electron chi connectivity index (χ4n) is 2.92. The first-order valence-electron chi connectivity index (χ1n) is 7.06. The molecule has 2 rings (SSSR count). The number of benzene rings is 1. The van der Waals surface area contributed by atoms with Gasteiger partial charge in [0, 0.05) is 18.7 Å². The van der Waals surface area contributed by atoms with Crippen molar-refractivity contribution in [3.63, 3.8) is 0 Å². The van der Waals surface area contributed by atoms with Gasteiger partial charge in [0.15, 0.2) is 0 Å². The molecule has 2 N–H and O–H groups in total. The first kappa shape index (κ1) is 16.5. The molecule has 1 aromatic rings. The molecule has 122 valence electrons. The van der Waals surface area contributed by atoms with Gasteiger partial charge in [0.05, 0.1) is 10.5 Å². The van der Waals surface area contributed by atoms with Crippen molar-refractivity contribution in [3.05, 3.63) is 33.9 Å². The van der Waals surface area contributed by atoms with Crippen LogP contribution in [0.5, 0.6) is 0 Å². The molecule has 0 heterocycles. The van der Waals surface area contributed by atoms with Crippen molar-refractivity contribution in [1.82, 2.24) is 0 Å². The molecule has 22 heavy (non-hydrogen) atoms. The molecule has 2 unspecified atom stereocenters. The highest BCUT2D eigenvalue weighted by atomic mass is 19.4. The summed E-state index contributed by atoms with van der Waals surface area (Å²) in [4.78, 5) is 10.2. The zero-order valence-corrected chi connectivity index (χ0v) is 11.8. The number of rotatable bonds is 5. The quantitative estimate of drug-likeness (QED) is 0.643. The molecular formula is C14H17F3N2O3. The maximum Gasteiger partial charge on any atom is 0.416 e. The summed E-state index contributed by atoms with van der Waals surface area (Å²) in [6.45, 7) is 0.0257. The minimum atomic E-state index is -4.62. The molecule has 0 aliphatic heterocycles. The molecule has 1 aliphatic rings. The molecule has 0 radical (unpaired) electrons. The Morgan fingerprint density at radius 3 is 2.68 bits per heavy atom. The van der Waals surface area contributed by atoms with Gasteiger partial charge in [0.1, 0.15) is 5.69 Å². The molecule has 1 aliphatic carbocycles. The molecule has 1 fully saturated rings. The summed E-state index contributed by atoms with van der Waals surface area (Å²) in [7, 11) is 0. The SMILES string of the molecule is O=[N+]([O-])c1cc(C(F)(F)F)ccc1NC1CCCC1CCO. The average molecular weight is 318 g/mol. The summed E-state index contributed by atoms with van der Waals surface area (Å²) in [6.07, 6.45) is -1.44. The van der Waals surface area contributed by atoms with E-state index in [1.54, 1.807) is 0 Å². The van der Waals surface area contributed by atoms with Gasteiger partial charge in [0.25, 0.3) is 5.69 Å². The van der Waals surface area contributed by atoms with E-state index in [-0.39, 0.29) is 24.3 Å². The molecule has 0 bridgehead atoms. The summed E-state index contributed by atoms with van der Waals surface area (Å²) < 4.78 is 38.0. The number of hydrogen-bond donors (Lipinski definition) is 2. The van der Waals surface area contributed by atoms with E-state index in [2.05, 4.69) is 5.32 Å². The zero-order valence-electron chi connectivity index (χ0n) is 11.8. The maximum atomic E-state index is 12.7. The van der Waals surface area contributed by atoms with Gasteiger partial charge in [-0.05, 0) is 37.3 Å². The van der Waals surface area contributed by atoms with E-state index in [1.165, 1.54) is 0 Å². The van der Waals surface area contributed by atoms with E-state index in [0.29, 0.717) is 12.5 Å². The first-order chi connectivity index (χ1) is 10.3. The second-order valence-electron chi connectivity index (χ2n) is 5.44. The lowest BCUT2D eigenvalue weighted by atomic mass is 9.99. The lowest BCUT2D eigenvalue weighted by molar-refractivity contribution is -0.384. The molecule has 0 saturated heterocycles. The summed E-state index contributed by atoms with van der Waals surface area (Å²) in [5.41, 5.74) is -1.53. The van der Waals surface area contributed by atoms with Crippen molar-refractivity contribution < 1.29 is 23.2 Å². The zero-order chi connectivity index (χ0) is 16.3. The predicted molar refractivity (Wildman–Crippen MR) is 74.6 cm³/mol. The summed E-state index contributed by atoms with van der Waals surface area (Å²) in [5, 5.41) is 23.0. The number of halogens is 3. The summed E-state index contributed by atoms with van der Waals surface area (Å²) in [5.74, 6) is 0.173. The van der Waals surface area contributed by atoms with Gasteiger partial charge in [-0.25, -0.2) is 0 Å². The van der Waals surface area contributed by atoms with Crippen LogP contribution in [0.2, 0.25) is 0 Å². The van der Waals surface area contributed by atoms with E-state index in [9.17, 15) is 23.3 Å². The van der Waals surface area contributed by atoms with Crippen LogP contribution in [-0.2, 0) is 6.18 Å². The molecule has 8 heteroatoms. The highest BCUT2D eigenvalue weighted by Crippen LogP contribution is 2.37. The average Bonchev–Trinajstić information content (AvgIpc) is 2.85. The highest BCUT2D eigenvalue weighted by Gasteiger charge is 2.34. The van der Waals surface area contributed by atoms with E-state index >= 15 is 0 Å². The fraction of sp³-hybridized carbons (Fsp3) is 0.571. The standard InChI is InChI=1S/C14H17F3N2O3/c15-14(16,17)10-4-5-12(13(8-10)19(21)22)18-11-3-1-2-9(11)6-7-20/h4-5,8-9,11,18,20H,1-3,6-7H2. The van der Waals surface area contributed by atoms with Gasteiger partial charge in [-0.2, -0.15) is 13.2 Å². The van der Waals surface area contributed by atoms with E-state index in [4.69, 9.17) is 5.11 Å². The molecule has 0 spiro atoms. The van der Waals surface area contributed by atoms with Crippen LogP contribution in [0, 0.1) is 16.0 Å². The van der Waals surface area contributed by atoms with Crippen LogP contribution in [0.25, 0.3) is 0 Å². The molecular weight excluding hydrogens is 301 g/mol. The Bertz CT molecular complexity index is 549. The third kappa shape index (κ3) is 3.68. The Hall–Kier alpha value is -1.83. The largest absolute Gasteiger partial charge is 0.416 e. The van der Waals surface area contributed by atoms with Gasteiger partial charge in [-0.1, -0.05) is 6.42 Å². The van der Waals surface area contributed by atoms with Crippen LogP contribution in [0.15, 0.2) is 18.2 Å². The fourth-order valence-corrected chi connectivity index (χ4v) is 2.92. The lowest BCUT2D eigenvalue weighted by Gasteiger charge is -2.21. The normalized spacial score (nSPS) is 21.8. The van der Waals surface area contributed by atoms with Crippen molar-refractivity contribution >= 4 is 11.4 Å². The minimum absolute atomic E-state index is 0.0257. The molecule has 0 amide bonds. The van der Waals surface area contributed by atoms with Gasteiger partial charge >= 0.3 is 6.18 Å². The van der Waals surface area contributed by atoms with Crippen LogP contribution >= 0.6 is 0 Å². The molecule has 2 atom stereocenters. The number of anilines is 1. The molecule has 1 aromatic carbocycles. The second-order valence-corrected chi connectivity index (χ2v) is 5.44. The molecule has 5 nitrogen and oxygen atoms in total. The van der Waals surface area contributed by atoms with Crippen LogP contribution in [0.4, 0.5) is 24.5 Å². The van der Waals surface area contributed by atoms with Crippen LogP contribution < -0.4 is 5.32 Å². The van der Waals surface area contributed by atoms with Crippen LogP contribution in [0.1, 0.15) is 31.2 Å². The number of hydrogen-bond acceptors (Lipinski definition) is 4. The number of nitrogens with one attached hydrogen (secondary N) is 1. The number of aliphatic hydroxyl groups excluding tert-OH is 1. The minimum Gasteiger partial charge on any atom is -0.396 e. The number of alkyl halides is 3. The highest BCUT2D eigenvalue weighted by molar-refractivity contribution is 5.63. The van der Waals surface area contributed by atoms with Crippen molar-refractivity contribution in [3.8, 4) is 0 Å². The second kappa shape index (κ2) is 6.51. The van der Waals surface area contributed by atoms with Crippen molar-refractivity contribution in [2.24, 2.45) is 5.92 Å². The summed E-state index contributed by atoms with van der Waals surface area (Å²) >= 11 is 0. The number of nitro benzene ring substituents is 1. The predicted octanol–water partition coefficient (Wildman–Crippen LogP) is 3.58. The third-order valence-corrected chi connectivity index (χ3v) is 4.02. The first-order valence-corrected chi connectivity index (χ1v) is 7.06. The Balaban J connectivity index is 2.25. The van der Waals surface area contributed by atoms with Crippen molar-refractivity contribution in [2.45, 2.75) is 37.9 Å². The maximum absolute atomic E-state index is 12.7. The number of aliphatic hydroxyl groups is 1. The Morgan fingerprint density at radius 2 is 2.09 bits per heavy atom. The van der Waals surface area contributed by atoms with Crippen molar-refractivity contribution in [2.75, 3.05) is 11.9 Å². The van der Waals surface area contributed by atoms with E-state index in [0.717, 1.165) is 31.4 Å². The van der Waals surface area contributed by atoms with E-state index in [1.807, 2.05) is 0 Å².